The highest BCUT2D eigenvalue weighted by molar-refractivity contribution is 7.47. The fourth-order valence-electron chi connectivity index (χ4n) is 5.97. The van der Waals surface area contributed by atoms with Crippen LogP contribution in [0.4, 0.5) is 0 Å². The van der Waals surface area contributed by atoms with Gasteiger partial charge in [-0.25, -0.2) is 4.57 Å². The third-order valence-corrected chi connectivity index (χ3v) is 10.4. The highest BCUT2D eigenvalue weighted by atomic mass is 31.2. The number of ether oxygens (including phenoxy) is 2. The number of phosphoric acid groups is 1. The van der Waals surface area contributed by atoms with Crippen LogP contribution in [-0.4, -0.2) is 74.9 Å². The Morgan fingerprint density at radius 3 is 1.55 bits per heavy atom. The molecule has 0 heterocycles. The smallest absolute Gasteiger partial charge is 0.462 e. The summed E-state index contributed by atoms with van der Waals surface area (Å²) in [4.78, 5) is 35.4. The molecule has 0 rings (SSSR count). The predicted molar refractivity (Wildman–Crippen MR) is 229 cm³/mol. The van der Waals surface area contributed by atoms with Crippen LogP contribution in [-0.2, 0) is 32.7 Å². The summed E-state index contributed by atoms with van der Waals surface area (Å²) in [7, 11) is 1.47. The van der Waals surface area contributed by atoms with Gasteiger partial charge < -0.3 is 18.9 Å². The van der Waals surface area contributed by atoms with E-state index in [0.717, 1.165) is 70.6 Å². The van der Waals surface area contributed by atoms with Crippen LogP contribution in [0.5, 0.6) is 0 Å². The van der Waals surface area contributed by atoms with E-state index in [1.807, 2.05) is 21.1 Å². The largest absolute Gasteiger partial charge is 0.472 e. The number of rotatable bonds is 40. The Labute approximate surface area is 338 Å². The molecule has 0 radical (unpaired) electrons. The Bertz CT molecular complexity index is 1040. The minimum atomic E-state index is -4.38. The number of hydrogen-bond donors (Lipinski definition) is 1. The van der Waals surface area contributed by atoms with Crippen LogP contribution in [0.3, 0.4) is 0 Å². The molecule has 2 atom stereocenters. The topological polar surface area (TPSA) is 108 Å². The molecular formula is C45H85NO8P+. The van der Waals surface area contributed by atoms with Gasteiger partial charge in [-0.15, -0.1) is 0 Å². The van der Waals surface area contributed by atoms with Crippen molar-refractivity contribution < 1.29 is 42.1 Å². The molecule has 0 bridgehead atoms. The number of carbonyl (C=O) groups is 2. The van der Waals surface area contributed by atoms with Crippen molar-refractivity contribution in [2.75, 3.05) is 47.5 Å². The van der Waals surface area contributed by atoms with E-state index in [1.165, 1.54) is 83.5 Å². The van der Waals surface area contributed by atoms with E-state index in [-0.39, 0.29) is 32.0 Å². The van der Waals surface area contributed by atoms with Gasteiger partial charge >= 0.3 is 19.8 Å². The summed E-state index contributed by atoms with van der Waals surface area (Å²) in [6.45, 7) is 4.30. The summed E-state index contributed by atoms with van der Waals surface area (Å²) in [5.41, 5.74) is 0. The number of quaternary nitrogens is 1. The van der Waals surface area contributed by atoms with E-state index < -0.39 is 26.5 Å². The molecule has 0 aromatic heterocycles. The van der Waals surface area contributed by atoms with Crippen LogP contribution in [0.1, 0.15) is 187 Å². The van der Waals surface area contributed by atoms with Gasteiger partial charge in [0.1, 0.15) is 19.8 Å². The van der Waals surface area contributed by atoms with E-state index in [2.05, 4.69) is 50.3 Å². The molecule has 0 aliphatic heterocycles. The van der Waals surface area contributed by atoms with Crippen LogP contribution < -0.4 is 0 Å². The molecule has 10 heteroatoms. The zero-order valence-electron chi connectivity index (χ0n) is 36.2. The summed E-state index contributed by atoms with van der Waals surface area (Å²) in [6.07, 6.45) is 41.9. The summed E-state index contributed by atoms with van der Waals surface area (Å²) in [5.74, 6) is -0.814. The van der Waals surface area contributed by atoms with E-state index in [9.17, 15) is 19.0 Å². The van der Waals surface area contributed by atoms with Gasteiger partial charge in [0.2, 0.25) is 0 Å². The number of allylic oxidation sites excluding steroid dienone is 6. The van der Waals surface area contributed by atoms with Crippen LogP contribution in [0, 0.1) is 0 Å². The van der Waals surface area contributed by atoms with Gasteiger partial charge in [0.25, 0.3) is 0 Å². The Balaban J connectivity index is 4.36. The SMILES string of the molecule is CC/C=C\C/C=C\C/C=C\CCCCCCCC(=O)OC(COC(=O)CCCCCCCCCCCCCCCCCC)COP(=O)(O)OCC[N+](C)(C)C. The van der Waals surface area contributed by atoms with Crippen molar-refractivity contribution in [2.45, 2.75) is 193 Å². The monoisotopic (exact) mass is 799 g/mol. The first-order chi connectivity index (χ1) is 26.5. The third kappa shape index (κ3) is 41.7. The third-order valence-electron chi connectivity index (χ3n) is 9.43. The van der Waals surface area contributed by atoms with E-state index in [1.54, 1.807) is 0 Å². The Hall–Kier alpha value is -1.77. The molecule has 0 aromatic rings. The average Bonchev–Trinajstić information content (AvgIpc) is 3.13. The molecule has 0 fully saturated rings. The lowest BCUT2D eigenvalue weighted by atomic mass is 10.0. The first-order valence-corrected chi connectivity index (χ1v) is 23.7. The van der Waals surface area contributed by atoms with Gasteiger partial charge in [0.05, 0.1) is 27.7 Å². The van der Waals surface area contributed by atoms with Gasteiger partial charge in [0, 0.05) is 12.8 Å². The van der Waals surface area contributed by atoms with Gasteiger partial charge in [0.15, 0.2) is 6.10 Å². The number of unbranched alkanes of at least 4 members (excludes halogenated alkanes) is 20. The first kappa shape index (κ1) is 53.2. The molecule has 2 unspecified atom stereocenters. The molecule has 0 amide bonds. The first-order valence-electron chi connectivity index (χ1n) is 22.2. The number of carbonyl (C=O) groups excluding carboxylic acids is 2. The Morgan fingerprint density at radius 2 is 1.04 bits per heavy atom. The van der Waals surface area contributed by atoms with Crippen LogP contribution in [0.2, 0.25) is 0 Å². The zero-order valence-corrected chi connectivity index (χ0v) is 37.1. The lowest BCUT2D eigenvalue weighted by Crippen LogP contribution is -2.37. The summed E-state index contributed by atoms with van der Waals surface area (Å²) >= 11 is 0. The van der Waals surface area contributed by atoms with Gasteiger partial charge in [-0.05, 0) is 44.9 Å². The maximum absolute atomic E-state index is 12.7. The van der Waals surface area contributed by atoms with Crippen molar-refractivity contribution in [2.24, 2.45) is 0 Å². The number of nitrogens with zero attached hydrogens (tertiary/aromatic N) is 1. The van der Waals surface area contributed by atoms with Crippen LogP contribution in [0.25, 0.3) is 0 Å². The second-order valence-corrected chi connectivity index (χ2v) is 17.5. The van der Waals surface area contributed by atoms with Crippen molar-refractivity contribution >= 4 is 19.8 Å². The van der Waals surface area contributed by atoms with E-state index in [4.69, 9.17) is 18.5 Å². The molecule has 0 spiro atoms. The molecule has 9 nitrogen and oxygen atoms in total. The minimum absolute atomic E-state index is 0.0286. The maximum Gasteiger partial charge on any atom is 0.472 e. The Kier molecular flexibility index (Phi) is 36.6. The number of esters is 2. The van der Waals surface area contributed by atoms with E-state index >= 15 is 0 Å². The van der Waals surface area contributed by atoms with Crippen LogP contribution in [0.15, 0.2) is 36.5 Å². The second-order valence-electron chi connectivity index (χ2n) is 16.1. The highest BCUT2D eigenvalue weighted by Gasteiger charge is 2.27. The van der Waals surface area contributed by atoms with Crippen molar-refractivity contribution in [1.29, 1.82) is 0 Å². The molecule has 55 heavy (non-hydrogen) atoms. The zero-order chi connectivity index (χ0) is 40.7. The second kappa shape index (κ2) is 37.8. The lowest BCUT2D eigenvalue weighted by molar-refractivity contribution is -0.870. The molecule has 1 N–H and O–H groups in total. The van der Waals surface area contributed by atoms with Gasteiger partial charge in [-0.1, -0.05) is 166 Å². The molecule has 0 saturated carbocycles. The van der Waals surface area contributed by atoms with Crippen molar-refractivity contribution in [3.05, 3.63) is 36.5 Å². The molecule has 0 aliphatic carbocycles. The fourth-order valence-corrected chi connectivity index (χ4v) is 6.71. The minimum Gasteiger partial charge on any atom is -0.462 e. The number of likely N-dealkylation sites (N-methyl/N-ethyl adjacent to an activating group) is 1. The molecule has 0 saturated heterocycles. The molecular weight excluding hydrogens is 713 g/mol. The standard InChI is InChI=1S/C45H84NO8P/c1-6-8-10-12-14-16-18-20-22-24-25-27-29-31-33-35-37-44(47)51-41-43(42-53-55(49,50)52-40-39-46(3,4)5)54-45(48)38-36-34-32-30-28-26-23-21-19-17-15-13-11-9-7-2/h9,11,15,17,21,23,43H,6-8,10,12-14,16,18-20,22,24-42H2,1-5H3/p+1/b11-9-,17-15-,23-21-. The molecule has 322 valence electrons. The van der Waals surface area contributed by atoms with Gasteiger partial charge in [-0.3, -0.25) is 18.6 Å². The fraction of sp³-hybridized carbons (Fsp3) is 0.822. The molecule has 0 aromatic carbocycles. The normalized spacial score (nSPS) is 13.9. The van der Waals surface area contributed by atoms with Crippen molar-refractivity contribution in [1.82, 2.24) is 0 Å². The number of hydrogen-bond acceptors (Lipinski definition) is 7. The molecule has 0 aliphatic rings. The van der Waals surface area contributed by atoms with Crippen LogP contribution >= 0.6 is 7.82 Å². The van der Waals surface area contributed by atoms with E-state index in [0.29, 0.717) is 17.4 Å². The van der Waals surface area contributed by atoms with Gasteiger partial charge in [-0.2, -0.15) is 0 Å². The van der Waals surface area contributed by atoms with Crippen molar-refractivity contribution in [3.63, 3.8) is 0 Å². The summed E-state index contributed by atoms with van der Waals surface area (Å²) < 4.78 is 34.3. The summed E-state index contributed by atoms with van der Waals surface area (Å²) in [5, 5.41) is 0. The summed E-state index contributed by atoms with van der Waals surface area (Å²) in [6, 6.07) is 0. The van der Waals surface area contributed by atoms with Crippen molar-refractivity contribution in [3.8, 4) is 0 Å². The Morgan fingerprint density at radius 1 is 0.582 bits per heavy atom. The predicted octanol–water partition coefficient (Wildman–Crippen LogP) is 12.5. The lowest BCUT2D eigenvalue weighted by Gasteiger charge is -2.24. The quantitative estimate of drug-likeness (QED) is 0.0215. The average molecular weight is 799 g/mol. The number of phosphoric ester groups is 1. The highest BCUT2D eigenvalue weighted by Crippen LogP contribution is 2.43. The maximum atomic E-state index is 12.7.